The van der Waals surface area contributed by atoms with Gasteiger partial charge in [-0.1, -0.05) is 38.8 Å². The summed E-state index contributed by atoms with van der Waals surface area (Å²) >= 11 is 0. The smallest absolute Gasteiger partial charge is 0.384 e. The molecule has 0 aliphatic heterocycles. The molecule has 1 aromatic carbocycles. The normalized spacial score (nSPS) is 10.2. The van der Waals surface area contributed by atoms with Crippen LogP contribution < -0.4 is 0 Å². The van der Waals surface area contributed by atoms with Crippen molar-refractivity contribution in [1.82, 2.24) is 0 Å². The number of ether oxygens (including phenoxy) is 1. The van der Waals surface area contributed by atoms with Crippen molar-refractivity contribution in [3.63, 3.8) is 0 Å². The highest BCUT2D eigenvalue weighted by Gasteiger charge is 2.12. The number of benzene rings is 1. The summed E-state index contributed by atoms with van der Waals surface area (Å²) in [6, 6.07) is 7.88. The SMILES string of the molecule is COC(=O)C#Cc1ccc(C(C)(C)C)cc1. The monoisotopic (exact) mass is 216 g/mol. The predicted molar refractivity (Wildman–Crippen MR) is 64.0 cm³/mol. The van der Waals surface area contributed by atoms with Crippen LogP contribution in [0.3, 0.4) is 0 Å². The van der Waals surface area contributed by atoms with Crippen molar-refractivity contribution in [2.45, 2.75) is 26.2 Å². The molecule has 1 rings (SSSR count). The van der Waals surface area contributed by atoms with E-state index in [4.69, 9.17) is 0 Å². The summed E-state index contributed by atoms with van der Waals surface area (Å²) in [5, 5.41) is 0. The maximum absolute atomic E-state index is 10.8. The van der Waals surface area contributed by atoms with Crippen LogP contribution in [0.1, 0.15) is 31.9 Å². The number of hydrogen-bond acceptors (Lipinski definition) is 2. The zero-order chi connectivity index (χ0) is 12.2. The molecule has 84 valence electrons. The Bertz CT molecular complexity index is 425. The highest BCUT2D eigenvalue weighted by atomic mass is 16.5. The third-order valence-electron chi connectivity index (χ3n) is 2.25. The molecule has 0 aliphatic rings. The Kier molecular flexibility index (Phi) is 3.73. The van der Waals surface area contributed by atoms with E-state index in [1.807, 2.05) is 24.3 Å². The first kappa shape index (κ1) is 12.3. The van der Waals surface area contributed by atoms with E-state index in [0.29, 0.717) is 0 Å². The van der Waals surface area contributed by atoms with Gasteiger partial charge in [-0.2, -0.15) is 0 Å². The van der Waals surface area contributed by atoms with Gasteiger partial charge in [-0.25, -0.2) is 4.79 Å². The van der Waals surface area contributed by atoms with Gasteiger partial charge in [0.15, 0.2) is 0 Å². The molecule has 0 spiro atoms. The average Bonchev–Trinajstić information content (AvgIpc) is 2.25. The van der Waals surface area contributed by atoms with Crippen molar-refractivity contribution in [3.8, 4) is 11.8 Å². The molecular weight excluding hydrogens is 200 g/mol. The van der Waals surface area contributed by atoms with Crippen LogP contribution in [-0.2, 0) is 14.9 Å². The Labute approximate surface area is 96.6 Å². The topological polar surface area (TPSA) is 26.3 Å². The highest BCUT2D eigenvalue weighted by Crippen LogP contribution is 2.21. The van der Waals surface area contributed by atoms with Crippen LogP contribution in [0.2, 0.25) is 0 Å². The minimum absolute atomic E-state index is 0.133. The molecule has 2 heteroatoms. The molecule has 0 amide bonds. The Morgan fingerprint density at radius 2 is 1.75 bits per heavy atom. The lowest BCUT2D eigenvalue weighted by atomic mass is 9.87. The van der Waals surface area contributed by atoms with E-state index in [9.17, 15) is 4.79 Å². The minimum Gasteiger partial charge on any atom is -0.459 e. The van der Waals surface area contributed by atoms with Gasteiger partial charge in [-0.15, -0.1) is 0 Å². The van der Waals surface area contributed by atoms with E-state index in [-0.39, 0.29) is 5.41 Å². The molecular formula is C14H16O2. The summed E-state index contributed by atoms with van der Waals surface area (Å²) in [6.45, 7) is 6.46. The summed E-state index contributed by atoms with van der Waals surface area (Å²) in [5.41, 5.74) is 2.20. The van der Waals surface area contributed by atoms with Gasteiger partial charge in [0.1, 0.15) is 0 Å². The van der Waals surface area contributed by atoms with E-state index >= 15 is 0 Å². The van der Waals surface area contributed by atoms with Crippen molar-refractivity contribution < 1.29 is 9.53 Å². The molecule has 0 radical (unpaired) electrons. The molecule has 0 saturated heterocycles. The van der Waals surface area contributed by atoms with Crippen molar-refractivity contribution in [3.05, 3.63) is 35.4 Å². The lowest BCUT2D eigenvalue weighted by Crippen LogP contribution is -2.10. The molecule has 16 heavy (non-hydrogen) atoms. The van der Waals surface area contributed by atoms with Gasteiger partial charge in [-0.3, -0.25) is 0 Å². The first-order valence-corrected chi connectivity index (χ1v) is 5.14. The fourth-order valence-electron chi connectivity index (χ4n) is 1.23. The Balaban J connectivity index is 2.87. The van der Waals surface area contributed by atoms with Crippen LogP contribution in [-0.4, -0.2) is 13.1 Å². The number of methoxy groups -OCH3 is 1. The number of hydrogen-bond donors (Lipinski definition) is 0. The van der Waals surface area contributed by atoms with Gasteiger partial charge in [0.05, 0.1) is 7.11 Å². The molecule has 0 heterocycles. The first-order valence-electron chi connectivity index (χ1n) is 5.14. The standard InChI is InChI=1S/C14H16O2/c1-14(2,3)12-8-5-11(6-9-12)7-10-13(15)16-4/h5-6,8-9H,1-4H3. The molecule has 0 N–H and O–H groups in total. The Morgan fingerprint density at radius 1 is 1.19 bits per heavy atom. The van der Waals surface area contributed by atoms with Crippen LogP contribution in [0.25, 0.3) is 0 Å². The largest absolute Gasteiger partial charge is 0.459 e. The van der Waals surface area contributed by atoms with E-state index < -0.39 is 5.97 Å². The molecule has 0 saturated carbocycles. The number of rotatable bonds is 0. The van der Waals surface area contributed by atoms with Crippen LogP contribution in [0.15, 0.2) is 24.3 Å². The average molecular weight is 216 g/mol. The van der Waals surface area contributed by atoms with E-state index in [2.05, 4.69) is 37.3 Å². The van der Waals surface area contributed by atoms with Gasteiger partial charge in [0, 0.05) is 11.5 Å². The van der Waals surface area contributed by atoms with Crippen molar-refractivity contribution in [2.24, 2.45) is 0 Å². The molecule has 0 bridgehead atoms. The van der Waals surface area contributed by atoms with Crippen molar-refractivity contribution >= 4 is 5.97 Å². The van der Waals surface area contributed by atoms with Crippen LogP contribution in [0.4, 0.5) is 0 Å². The van der Waals surface area contributed by atoms with Gasteiger partial charge >= 0.3 is 5.97 Å². The van der Waals surface area contributed by atoms with Crippen molar-refractivity contribution in [2.75, 3.05) is 7.11 Å². The summed E-state index contributed by atoms with van der Waals surface area (Å²) in [5.74, 6) is 4.63. The lowest BCUT2D eigenvalue weighted by Gasteiger charge is -2.18. The van der Waals surface area contributed by atoms with Crippen LogP contribution in [0, 0.1) is 11.8 Å². The fourth-order valence-corrected chi connectivity index (χ4v) is 1.23. The second kappa shape index (κ2) is 4.85. The molecule has 0 atom stereocenters. The summed E-state index contributed by atoms with van der Waals surface area (Å²) in [6.07, 6.45) is 0. The van der Waals surface area contributed by atoms with Gasteiger partial charge in [0.25, 0.3) is 0 Å². The maximum Gasteiger partial charge on any atom is 0.384 e. The second-order valence-electron chi connectivity index (χ2n) is 4.57. The Morgan fingerprint density at radius 3 is 2.19 bits per heavy atom. The maximum atomic E-state index is 10.8. The third-order valence-corrected chi connectivity index (χ3v) is 2.25. The summed E-state index contributed by atoms with van der Waals surface area (Å²) in [7, 11) is 1.32. The minimum atomic E-state index is -0.514. The molecule has 1 aromatic rings. The lowest BCUT2D eigenvalue weighted by molar-refractivity contribution is -0.133. The van der Waals surface area contributed by atoms with Crippen LogP contribution in [0.5, 0.6) is 0 Å². The number of esters is 1. The third kappa shape index (κ3) is 3.43. The predicted octanol–water partition coefficient (Wildman–Crippen LogP) is 2.51. The Hall–Kier alpha value is -1.75. The molecule has 0 unspecified atom stereocenters. The zero-order valence-electron chi connectivity index (χ0n) is 10.1. The van der Waals surface area contributed by atoms with E-state index in [1.165, 1.54) is 12.7 Å². The van der Waals surface area contributed by atoms with E-state index in [1.54, 1.807) is 0 Å². The molecule has 2 nitrogen and oxygen atoms in total. The second-order valence-corrected chi connectivity index (χ2v) is 4.57. The van der Waals surface area contributed by atoms with Gasteiger partial charge in [0.2, 0.25) is 0 Å². The fraction of sp³-hybridized carbons (Fsp3) is 0.357. The quantitative estimate of drug-likeness (QED) is 0.492. The molecule has 0 aromatic heterocycles. The summed E-state index contributed by atoms with van der Waals surface area (Å²) < 4.78 is 4.44. The van der Waals surface area contributed by atoms with Crippen LogP contribution >= 0.6 is 0 Å². The number of carbonyl (C=O) groups excluding carboxylic acids is 1. The van der Waals surface area contributed by atoms with Crippen molar-refractivity contribution in [1.29, 1.82) is 0 Å². The first-order chi connectivity index (χ1) is 7.43. The summed E-state index contributed by atoms with van der Waals surface area (Å²) in [4.78, 5) is 10.8. The molecule has 0 fully saturated rings. The van der Waals surface area contributed by atoms with E-state index in [0.717, 1.165) is 5.56 Å². The number of carbonyl (C=O) groups is 1. The van der Waals surface area contributed by atoms with Gasteiger partial charge < -0.3 is 4.74 Å². The van der Waals surface area contributed by atoms with Gasteiger partial charge in [-0.05, 0) is 23.1 Å². The molecule has 0 aliphatic carbocycles. The zero-order valence-corrected chi connectivity index (χ0v) is 10.1. The highest BCUT2D eigenvalue weighted by molar-refractivity contribution is 5.88.